The van der Waals surface area contributed by atoms with Crippen LogP contribution in [0.2, 0.25) is 0 Å². The monoisotopic (exact) mass is 334 g/mol. The van der Waals surface area contributed by atoms with Crippen LogP contribution in [0.25, 0.3) is 0 Å². The molecule has 0 saturated heterocycles. The van der Waals surface area contributed by atoms with E-state index in [0.29, 0.717) is 19.8 Å². The maximum Gasteiger partial charge on any atom is 0.166 e. The molecule has 1 N–H and O–H groups in total. The lowest BCUT2D eigenvalue weighted by Gasteiger charge is -2.14. The number of pyridine rings is 1. The third kappa shape index (κ3) is 2.88. The molecule has 0 fully saturated rings. The van der Waals surface area contributed by atoms with E-state index in [1.54, 1.807) is 6.20 Å². The highest BCUT2D eigenvalue weighted by Crippen LogP contribution is 2.33. The zero-order valence-corrected chi connectivity index (χ0v) is 12.5. The highest BCUT2D eigenvalue weighted by Gasteiger charge is 2.14. The normalized spacial score (nSPS) is 13.7. The minimum atomic E-state index is 0.664. The van der Waals surface area contributed by atoms with Crippen LogP contribution in [0.5, 0.6) is 11.5 Å². The van der Waals surface area contributed by atoms with Gasteiger partial charge in [0, 0.05) is 24.7 Å². The van der Waals surface area contributed by atoms with Gasteiger partial charge in [0.2, 0.25) is 0 Å². The molecular formula is C15H15BrN2O2. The minimum absolute atomic E-state index is 0.664. The molecule has 3 rings (SSSR count). The Hall–Kier alpha value is -1.75. The number of hydrogen-bond donors (Lipinski definition) is 1. The average molecular weight is 335 g/mol. The van der Waals surface area contributed by atoms with Crippen LogP contribution in [0.15, 0.2) is 41.1 Å². The number of rotatable bonds is 3. The van der Waals surface area contributed by atoms with E-state index in [9.17, 15) is 0 Å². The van der Waals surface area contributed by atoms with E-state index in [-0.39, 0.29) is 0 Å². The van der Waals surface area contributed by atoms with Gasteiger partial charge in [-0.15, -0.1) is 0 Å². The lowest BCUT2D eigenvalue weighted by atomic mass is 10.2. The lowest BCUT2D eigenvalue weighted by molar-refractivity contribution is 0.296. The van der Waals surface area contributed by atoms with Crippen LogP contribution in [0.3, 0.4) is 0 Å². The molecule has 1 aromatic carbocycles. The smallest absolute Gasteiger partial charge is 0.166 e. The maximum atomic E-state index is 5.81. The molecule has 0 amide bonds. The Morgan fingerprint density at radius 2 is 2.05 bits per heavy atom. The summed E-state index contributed by atoms with van der Waals surface area (Å²) in [7, 11) is 0. The summed E-state index contributed by atoms with van der Waals surface area (Å²) in [5, 5.41) is 3.35. The van der Waals surface area contributed by atoms with Gasteiger partial charge in [-0.1, -0.05) is 12.1 Å². The second-order valence-electron chi connectivity index (χ2n) is 4.49. The van der Waals surface area contributed by atoms with Crippen LogP contribution < -0.4 is 14.8 Å². The Morgan fingerprint density at radius 1 is 1.15 bits per heavy atom. The summed E-state index contributed by atoms with van der Waals surface area (Å²) in [5.74, 6) is 1.67. The first-order chi connectivity index (χ1) is 9.84. The van der Waals surface area contributed by atoms with Gasteiger partial charge < -0.3 is 14.8 Å². The molecule has 0 saturated carbocycles. The van der Waals surface area contributed by atoms with E-state index in [4.69, 9.17) is 9.47 Å². The van der Waals surface area contributed by atoms with Crippen LogP contribution in [0.1, 0.15) is 12.0 Å². The summed E-state index contributed by atoms with van der Waals surface area (Å²) in [6.45, 7) is 2.06. The minimum Gasteiger partial charge on any atom is -0.490 e. The van der Waals surface area contributed by atoms with Crippen LogP contribution in [0.4, 0.5) is 5.69 Å². The van der Waals surface area contributed by atoms with Crippen LogP contribution >= 0.6 is 15.9 Å². The highest BCUT2D eigenvalue weighted by atomic mass is 79.9. The molecule has 0 unspecified atom stereocenters. The number of nitrogens with zero attached hydrogens (tertiary/aromatic N) is 1. The summed E-state index contributed by atoms with van der Waals surface area (Å²) in [6.07, 6.45) is 2.66. The van der Waals surface area contributed by atoms with Crippen LogP contribution in [0, 0.1) is 0 Å². The van der Waals surface area contributed by atoms with Gasteiger partial charge in [0.25, 0.3) is 0 Å². The summed E-state index contributed by atoms with van der Waals surface area (Å²) < 4.78 is 12.3. The van der Waals surface area contributed by atoms with Crippen LogP contribution in [-0.4, -0.2) is 18.2 Å². The molecular weight excluding hydrogens is 320 g/mol. The van der Waals surface area contributed by atoms with E-state index < -0.39 is 0 Å². The van der Waals surface area contributed by atoms with Gasteiger partial charge in [-0.3, -0.25) is 0 Å². The molecule has 2 aromatic rings. The lowest BCUT2D eigenvalue weighted by Crippen LogP contribution is -2.04. The van der Waals surface area contributed by atoms with Crippen molar-refractivity contribution < 1.29 is 9.47 Å². The number of benzene rings is 1. The van der Waals surface area contributed by atoms with Crippen molar-refractivity contribution in [3.63, 3.8) is 0 Å². The van der Waals surface area contributed by atoms with Gasteiger partial charge in [0.05, 0.1) is 18.9 Å². The van der Waals surface area contributed by atoms with Crippen molar-refractivity contribution in [2.24, 2.45) is 0 Å². The Kier molecular flexibility index (Phi) is 4.06. The average Bonchev–Trinajstić information content (AvgIpc) is 2.72. The first kappa shape index (κ1) is 13.2. The van der Waals surface area contributed by atoms with E-state index in [1.165, 1.54) is 0 Å². The van der Waals surface area contributed by atoms with E-state index in [2.05, 4.69) is 26.2 Å². The molecule has 0 aliphatic carbocycles. The standard InChI is InChI=1S/C15H15BrN2O2/c16-15-12(5-2-7-17-15)18-10-11-4-1-6-13-14(11)20-9-3-8-19-13/h1-2,4-7,18H,3,8-10H2. The fourth-order valence-electron chi connectivity index (χ4n) is 2.10. The summed E-state index contributed by atoms with van der Waals surface area (Å²) in [4.78, 5) is 4.19. The molecule has 1 aliphatic rings. The molecule has 20 heavy (non-hydrogen) atoms. The number of para-hydroxylation sites is 1. The van der Waals surface area contributed by atoms with Crippen molar-refractivity contribution in [1.29, 1.82) is 0 Å². The number of fused-ring (bicyclic) bond motifs is 1. The zero-order valence-electron chi connectivity index (χ0n) is 10.9. The molecule has 1 aromatic heterocycles. The van der Waals surface area contributed by atoms with Crippen molar-refractivity contribution in [3.8, 4) is 11.5 Å². The molecule has 4 nitrogen and oxygen atoms in total. The number of halogens is 1. The number of aromatic nitrogens is 1. The Bertz CT molecular complexity index is 604. The fraction of sp³-hybridized carbons (Fsp3) is 0.267. The Labute approximate surface area is 126 Å². The summed E-state index contributed by atoms with van der Waals surface area (Å²) in [5.41, 5.74) is 2.04. The molecule has 0 bridgehead atoms. The van der Waals surface area contributed by atoms with Gasteiger partial charge in [0.1, 0.15) is 4.60 Å². The third-order valence-electron chi connectivity index (χ3n) is 3.08. The first-order valence-corrected chi connectivity index (χ1v) is 7.36. The van der Waals surface area contributed by atoms with Gasteiger partial charge >= 0.3 is 0 Å². The summed E-state index contributed by atoms with van der Waals surface area (Å²) >= 11 is 3.43. The van der Waals surface area contributed by atoms with E-state index in [0.717, 1.165) is 33.8 Å². The fourth-order valence-corrected chi connectivity index (χ4v) is 2.49. The number of hydrogen-bond acceptors (Lipinski definition) is 4. The molecule has 2 heterocycles. The summed E-state index contributed by atoms with van der Waals surface area (Å²) in [6, 6.07) is 9.87. The number of anilines is 1. The quantitative estimate of drug-likeness (QED) is 0.870. The van der Waals surface area contributed by atoms with Crippen LogP contribution in [-0.2, 0) is 6.54 Å². The molecule has 5 heteroatoms. The van der Waals surface area contributed by atoms with Gasteiger partial charge in [-0.05, 0) is 34.1 Å². The zero-order chi connectivity index (χ0) is 13.8. The highest BCUT2D eigenvalue weighted by molar-refractivity contribution is 9.10. The van der Waals surface area contributed by atoms with Crippen molar-refractivity contribution in [3.05, 3.63) is 46.7 Å². The van der Waals surface area contributed by atoms with Gasteiger partial charge in [-0.25, -0.2) is 4.98 Å². The van der Waals surface area contributed by atoms with Crippen molar-refractivity contribution in [1.82, 2.24) is 4.98 Å². The number of nitrogens with one attached hydrogen (secondary N) is 1. The second kappa shape index (κ2) is 6.13. The van der Waals surface area contributed by atoms with E-state index in [1.807, 2.05) is 30.3 Å². The third-order valence-corrected chi connectivity index (χ3v) is 3.71. The molecule has 0 atom stereocenters. The maximum absolute atomic E-state index is 5.81. The second-order valence-corrected chi connectivity index (χ2v) is 5.24. The van der Waals surface area contributed by atoms with Gasteiger partial charge in [-0.2, -0.15) is 0 Å². The first-order valence-electron chi connectivity index (χ1n) is 6.56. The Balaban J connectivity index is 1.80. The van der Waals surface area contributed by atoms with Crippen molar-refractivity contribution >= 4 is 21.6 Å². The van der Waals surface area contributed by atoms with Crippen molar-refractivity contribution in [2.45, 2.75) is 13.0 Å². The predicted molar refractivity (Wildman–Crippen MR) is 81.3 cm³/mol. The Morgan fingerprint density at radius 3 is 2.95 bits per heavy atom. The number of ether oxygens (including phenoxy) is 2. The van der Waals surface area contributed by atoms with Crippen molar-refractivity contribution in [2.75, 3.05) is 18.5 Å². The predicted octanol–water partition coefficient (Wildman–Crippen LogP) is 3.62. The molecule has 0 radical (unpaired) electrons. The van der Waals surface area contributed by atoms with E-state index >= 15 is 0 Å². The SMILES string of the molecule is Brc1ncccc1NCc1cccc2c1OCCCO2. The molecule has 104 valence electrons. The molecule has 0 spiro atoms. The topological polar surface area (TPSA) is 43.4 Å². The largest absolute Gasteiger partial charge is 0.490 e. The van der Waals surface area contributed by atoms with Gasteiger partial charge in [0.15, 0.2) is 11.5 Å². The molecule has 1 aliphatic heterocycles.